The fourth-order valence-electron chi connectivity index (χ4n) is 4.08. The molecule has 0 bridgehead atoms. The van der Waals surface area contributed by atoms with Crippen LogP contribution in [0.5, 0.6) is 5.75 Å². The summed E-state index contributed by atoms with van der Waals surface area (Å²) in [6.45, 7) is 4.96. The third-order valence-electron chi connectivity index (χ3n) is 6.05. The average Bonchev–Trinajstić information content (AvgIpc) is 2.92. The van der Waals surface area contributed by atoms with Gasteiger partial charge in [-0.25, -0.2) is 12.8 Å². The molecule has 0 aliphatic heterocycles. The first kappa shape index (κ1) is 29.6. The van der Waals surface area contributed by atoms with Crippen LogP contribution >= 0.6 is 0 Å². The molecule has 0 spiro atoms. The number of rotatable bonds is 12. The summed E-state index contributed by atoms with van der Waals surface area (Å²) in [7, 11) is -2.70. The molecule has 0 heterocycles. The van der Waals surface area contributed by atoms with Gasteiger partial charge in [-0.3, -0.25) is 13.9 Å². The second kappa shape index (κ2) is 13.2. The summed E-state index contributed by atoms with van der Waals surface area (Å²) in [5, 5.41) is 2.86. The molecule has 3 aromatic rings. The SMILES string of the molecule is CC[C@H](C(=O)NC(C)C)N(Cc1ccc(OC)cc1)C(=O)CN(c1ccccc1)S(=O)(=O)c1ccc(F)cc1. The van der Waals surface area contributed by atoms with Crippen molar-refractivity contribution in [3.05, 3.63) is 90.2 Å². The molecule has 208 valence electrons. The van der Waals surface area contributed by atoms with E-state index in [0.29, 0.717) is 12.2 Å². The summed E-state index contributed by atoms with van der Waals surface area (Å²) >= 11 is 0. The fraction of sp³-hybridized carbons (Fsp3) is 0.310. The molecule has 39 heavy (non-hydrogen) atoms. The van der Waals surface area contributed by atoms with E-state index in [1.807, 2.05) is 13.8 Å². The topological polar surface area (TPSA) is 96.0 Å². The normalized spacial score (nSPS) is 12.1. The van der Waals surface area contributed by atoms with Crippen LogP contribution in [0.15, 0.2) is 83.8 Å². The lowest BCUT2D eigenvalue weighted by atomic mass is 10.1. The Morgan fingerprint density at radius 3 is 2.10 bits per heavy atom. The van der Waals surface area contributed by atoms with Crippen LogP contribution in [0.1, 0.15) is 32.8 Å². The van der Waals surface area contributed by atoms with Crippen LogP contribution in [0.3, 0.4) is 0 Å². The molecule has 3 aromatic carbocycles. The van der Waals surface area contributed by atoms with Gasteiger partial charge in [0.1, 0.15) is 24.2 Å². The van der Waals surface area contributed by atoms with E-state index in [1.54, 1.807) is 68.6 Å². The van der Waals surface area contributed by atoms with Crippen molar-refractivity contribution in [2.24, 2.45) is 0 Å². The number of anilines is 1. The van der Waals surface area contributed by atoms with E-state index < -0.39 is 34.3 Å². The van der Waals surface area contributed by atoms with Crippen LogP contribution in [0.25, 0.3) is 0 Å². The molecule has 2 amide bonds. The number of benzene rings is 3. The Morgan fingerprint density at radius 1 is 0.949 bits per heavy atom. The number of hydrogen-bond donors (Lipinski definition) is 1. The lowest BCUT2D eigenvalue weighted by Crippen LogP contribution is -2.53. The monoisotopic (exact) mass is 555 g/mol. The summed E-state index contributed by atoms with van der Waals surface area (Å²) in [5.74, 6) is -0.834. The number of carbonyl (C=O) groups is 2. The van der Waals surface area contributed by atoms with E-state index in [0.717, 1.165) is 34.1 Å². The van der Waals surface area contributed by atoms with Crippen molar-refractivity contribution in [3.63, 3.8) is 0 Å². The third-order valence-corrected chi connectivity index (χ3v) is 7.84. The van der Waals surface area contributed by atoms with Gasteiger partial charge in [-0.05, 0) is 74.4 Å². The molecule has 1 atom stereocenters. The molecule has 10 heteroatoms. The van der Waals surface area contributed by atoms with E-state index in [4.69, 9.17) is 4.74 Å². The number of sulfonamides is 1. The molecule has 0 unspecified atom stereocenters. The average molecular weight is 556 g/mol. The lowest BCUT2D eigenvalue weighted by molar-refractivity contribution is -0.140. The number of hydrogen-bond acceptors (Lipinski definition) is 5. The lowest BCUT2D eigenvalue weighted by Gasteiger charge is -2.33. The van der Waals surface area contributed by atoms with Crippen LogP contribution < -0.4 is 14.4 Å². The molecule has 1 N–H and O–H groups in total. The molecule has 0 aliphatic rings. The van der Waals surface area contributed by atoms with Crippen LogP contribution in [0.2, 0.25) is 0 Å². The predicted octanol–water partition coefficient (Wildman–Crippen LogP) is 4.36. The Hall–Kier alpha value is -3.92. The van der Waals surface area contributed by atoms with Crippen LogP contribution in [0, 0.1) is 5.82 Å². The largest absolute Gasteiger partial charge is 0.497 e. The summed E-state index contributed by atoms with van der Waals surface area (Å²) < 4.78 is 47.1. The van der Waals surface area contributed by atoms with E-state index in [9.17, 15) is 22.4 Å². The Kier molecular flexibility index (Phi) is 10.1. The first-order valence-electron chi connectivity index (χ1n) is 12.6. The van der Waals surface area contributed by atoms with Crippen LogP contribution in [-0.4, -0.2) is 50.9 Å². The summed E-state index contributed by atoms with van der Waals surface area (Å²) in [5.41, 5.74) is 1.01. The van der Waals surface area contributed by atoms with E-state index in [1.165, 1.54) is 4.90 Å². The van der Waals surface area contributed by atoms with Gasteiger partial charge in [0.05, 0.1) is 17.7 Å². The van der Waals surface area contributed by atoms with Crippen LogP contribution in [0.4, 0.5) is 10.1 Å². The number of nitrogens with zero attached hydrogens (tertiary/aromatic N) is 2. The highest BCUT2D eigenvalue weighted by atomic mass is 32.2. The van der Waals surface area contributed by atoms with Gasteiger partial charge >= 0.3 is 0 Å². The maximum Gasteiger partial charge on any atom is 0.264 e. The zero-order chi connectivity index (χ0) is 28.6. The van der Waals surface area contributed by atoms with E-state index in [2.05, 4.69) is 5.32 Å². The standard InChI is InChI=1S/C29H34FN3O5S/c1-5-27(29(35)31-21(2)3)32(19-22-11-15-25(38-4)16-12-22)28(34)20-33(24-9-7-6-8-10-24)39(36,37)26-17-13-23(30)14-18-26/h6-18,21,27H,5,19-20H2,1-4H3,(H,31,35)/t27-/m1/s1. The second-order valence-corrected chi connectivity index (χ2v) is 11.1. The summed E-state index contributed by atoms with van der Waals surface area (Å²) in [6.07, 6.45) is 0.316. The zero-order valence-corrected chi connectivity index (χ0v) is 23.3. The molecular weight excluding hydrogens is 521 g/mol. The van der Waals surface area contributed by atoms with Crippen molar-refractivity contribution < 1.29 is 27.1 Å². The number of nitrogens with one attached hydrogen (secondary N) is 1. The van der Waals surface area contributed by atoms with Gasteiger partial charge in [-0.1, -0.05) is 37.3 Å². The highest BCUT2D eigenvalue weighted by Gasteiger charge is 2.33. The maximum absolute atomic E-state index is 13.9. The quantitative estimate of drug-likeness (QED) is 0.358. The predicted molar refractivity (Wildman–Crippen MR) is 148 cm³/mol. The molecular formula is C29H34FN3O5S. The first-order valence-corrected chi connectivity index (χ1v) is 14.1. The second-order valence-electron chi connectivity index (χ2n) is 9.26. The highest BCUT2D eigenvalue weighted by Crippen LogP contribution is 2.25. The minimum absolute atomic E-state index is 0.0755. The number of amides is 2. The van der Waals surface area contributed by atoms with Crippen molar-refractivity contribution >= 4 is 27.5 Å². The van der Waals surface area contributed by atoms with Crippen LogP contribution in [-0.2, 0) is 26.2 Å². The number of carbonyl (C=O) groups excluding carboxylic acids is 2. The molecule has 0 fully saturated rings. The minimum Gasteiger partial charge on any atom is -0.497 e. The molecule has 8 nitrogen and oxygen atoms in total. The van der Waals surface area contributed by atoms with Crippen molar-refractivity contribution in [3.8, 4) is 5.75 Å². The zero-order valence-electron chi connectivity index (χ0n) is 22.5. The van der Waals surface area contributed by atoms with Gasteiger partial charge in [0.2, 0.25) is 11.8 Å². The summed E-state index contributed by atoms with van der Waals surface area (Å²) in [4.78, 5) is 28.3. The molecule has 0 saturated carbocycles. The fourth-order valence-corrected chi connectivity index (χ4v) is 5.50. The Morgan fingerprint density at radius 2 is 1.56 bits per heavy atom. The van der Waals surface area contributed by atoms with Crippen molar-refractivity contribution in [2.75, 3.05) is 18.0 Å². The van der Waals surface area contributed by atoms with Crippen molar-refractivity contribution in [2.45, 2.75) is 50.7 Å². The molecule has 0 aromatic heterocycles. The Labute approximate surface area is 229 Å². The van der Waals surface area contributed by atoms with Gasteiger partial charge in [0.15, 0.2) is 0 Å². The first-order chi connectivity index (χ1) is 18.6. The number of halogens is 1. The van der Waals surface area contributed by atoms with Crippen molar-refractivity contribution in [1.29, 1.82) is 0 Å². The Bertz CT molecular complexity index is 1350. The molecule has 0 radical (unpaired) electrons. The summed E-state index contributed by atoms with van der Waals surface area (Å²) in [6, 6.07) is 18.7. The maximum atomic E-state index is 13.9. The van der Waals surface area contributed by atoms with Gasteiger partial charge in [-0.15, -0.1) is 0 Å². The smallest absolute Gasteiger partial charge is 0.264 e. The molecule has 0 aliphatic carbocycles. The Balaban J connectivity index is 2.03. The number of para-hydroxylation sites is 1. The van der Waals surface area contributed by atoms with Gasteiger partial charge in [0, 0.05) is 12.6 Å². The van der Waals surface area contributed by atoms with Gasteiger partial charge < -0.3 is 15.0 Å². The third kappa shape index (κ3) is 7.57. The van der Waals surface area contributed by atoms with Crippen molar-refractivity contribution in [1.82, 2.24) is 10.2 Å². The van der Waals surface area contributed by atoms with Gasteiger partial charge in [-0.2, -0.15) is 0 Å². The highest BCUT2D eigenvalue weighted by molar-refractivity contribution is 7.92. The number of methoxy groups -OCH3 is 1. The van der Waals surface area contributed by atoms with Gasteiger partial charge in [0.25, 0.3) is 10.0 Å². The number of ether oxygens (including phenoxy) is 1. The van der Waals surface area contributed by atoms with E-state index in [-0.39, 0.29) is 29.1 Å². The molecule has 3 rings (SSSR count). The minimum atomic E-state index is -4.25. The molecule has 0 saturated heterocycles. The van der Waals surface area contributed by atoms with E-state index >= 15 is 0 Å².